The highest BCUT2D eigenvalue weighted by atomic mass is 19.1. The van der Waals surface area contributed by atoms with Crippen molar-refractivity contribution < 1.29 is 8.78 Å². The van der Waals surface area contributed by atoms with E-state index in [1.165, 1.54) is 44.2 Å². The molecule has 0 unspecified atom stereocenters. The molecule has 4 nitrogen and oxygen atoms in total. The summed E-state index contributed by atoms with van der Waals surface area (Å²) in [5.41, 5.74) is 0.375. The summed E-state index contributed by atoms with van der Waals surface area (Å²) in [6.45, 7) is 5.54. The summed E-state index contributed by atoms with van der Waals surface area (Å²) in [6.07, 6.45) is 9.52. The third-order valence-corrected chi connectivity index (χ3v) is 5.96. The van der Waals surface area contributed by atoms with Gasteiger partial charge < -0.3 is 15.5 Å². The van der Waals surface area contributed by atoms with Crippen molar-refractivity contribution in [1.29, 1.82) is 0 Å². The SMILES string of the molecule is CCNC(=NCCc1cc(F)ccc1F)NC1CCN(C2CCCCC2)CC1. The third kappa shape index (κ3) is 6.16. The monoisotopic (exact) mass is 392 g/mol. The van der Waals surface area contributed by atoms with Crippen LogP contribution in [0.2, 0.25) is 0 Å². The maximum absolute atomic E-state index is 13.8. The Morgan fingerprint density at radius 1 is 1.11 bits per heavy atom. The van der Waals surface area contributed by atoms with E-state index < -0.39 is 5.82 Å². The van der Waals surface area contributed by atoms with Crippen molar-refractivity contribution in [2.45, 2.75) is 70.4 Å². The molecule has 1 heterocycles. The molecule has 0 spiro atoms. The van der Waals surface area contributed by atoms with Crippen LogP contribution in [0, 0.1) is 11.6 Å². The normalized spacial score (nSPS) is 20.3. The average molecular weight is 393 g/mol. The first-order valence-electron chi connectivity index (χ1n) is 10.9. The number of hydrogen-bond acceptors (Lipinski definition) is 2. The van der Waals surface area contributed by atoms with Crippen molar-refractivity contribution >= 4 is 5.96 Å². The van der Waals surface area contributed by atoms with Crippen LogP contribution < -0.4 is 10.6 Å². The number of aliphatic imine (C=N–C) groups is 1. The minimum absolute atomic E-state index is 0.371. The van der Waals surface area contributed by atoms with Crippen LogP contribution in [-0.4, -0.2) is 49.1 Å². The van der Waals surface area contributed by atoms with Gasteiger partial charge in [-0.05, 0) is 62.8 Å². The number of hydrogen-bond donors (Lipinski definition) is 2. The van der Waals surface area contributed by atoms with Gasteiger partial charge in [0, 0.05) is 38.3 Å². The van der Waals surface area contributed by atoms with E-state index >= 15 is 0 Å². The lowest BCUT2D eigenvalue weighted by Gasteiger charge is -2.39. The van der Waals surface area contributed by atoms with Gasteiger partial charge in [-0.3, -0.25) is 4.99 Å². The zero-order valence-electron chi connectivity index (χ0n) is 17.0. The van der Waals surface area contributed by atoms with Crippen LogP contribution >= 0.6 is 0 Å². The van der Waals surface area contributed by atoms with Gasteiger partial charge in [0.2, 0.25) is 0 Å². The fourth-order valence-corrected chi connectivity index (χ4v) is 4.39. The lowest BCUT2D eigenvalue weighted by Crippen LogP contribution is -2.51. The Bertz CT molecular complexity index is 635. The summed E-state index contributed by atoms with van der Waals surface area (Å²) in [7, 11) is 0. The Balaban J connectivity index is 1.47. The highest BCUT2D eigenvalue weighted by Crippen LogP contribution is 2.25. The molecule has 2 fully saturated rings. The molecule has 2 N–H and O–H groups in total. The summed E-state index contributed by atoms with van der Waals surface area (Å²) in [4.78, 5) is 7.25. The molecule has 1 aromatic carbocycles. The van der Waals surface area contributed by atoms with E-state index in [4.69, 9.17) is 0 Å². The van der Waals surface area contributed by atoms with Crippen molar-refractivity contribution in [3.8, 4) is 0 Å². The van der Waals surface area contributed by atoms with Gasteiger partial charge in [-0.25, -0.2) is 8.78 Å². The van der Waals surface area contributed by atoms with Crippen molar-refractivity contribution in [2.75, 3.05) is 26.2 Å². The van der Waals surface area contributed by atoms with Gasteiger partial charge in [-0.2, -0.15) is 0 Å². The number of likely N-dealkylation sites (tertiary alicyclic amines) is 1. The predicted molar refractivity (Wildman–Crippen MR) is 111 cm³/mol. The summed E-state index contributed by atoms with van der Waals surface area (Å²) in [5, 5.41) is 6.81. The summed E-state index contributed by atoms with van der Waals surface area (Å²) in [5.74, 6) is -0.00444. The van der Waals surface area contributed by atoms with E-state index in [2.05, 4.69) is 20.5 Å². The Labute approximate surface area is 167 Å². The van der Waals surface area contributed by atoms with Crippen molar-refractivity contribution in [3.63, 3.8) is 0 Å². The third-order valence-electron chi connectivity index (χ3n) is 5.96. The quantitative estimate of drug-likeness (QED) is 0.570. The number of nitrogens with zero attached hydrogens (tertiary/aromatic N) is 2. The highest BCUT2D eigenvalue weighted by Gasteiger charge is 2.26. The van der Waals surface area contributed by atoms with Gasteiger partial charge in [-0.1, -0.05) is 19.3 Å². The first-order valence-corrected chi connectivity index (χ1v) is 10.9. The molecule has 3 rings (SSSR count). The van der Waals surface area contributed by atoms with E-state index in [1.54, 1.807) is 0 Å². The Kier molecular flexibility index (Phi) is 8.07. The Hall–Kier alpha value is -1.69. The van der Waals surface area contributed by atoms with E-state index in [1.807, 2.05) is 6.92 Å². The number of nitrogens with one attached hydrogen (secondary N) is 2. The van der Waals surface area contributed by atoms with E-state index in [-0.39, 0.29) is 5.82 Å². The number of piperidine rings is 1. The largest absolute Gasteiger partial charge is 0.357 e. The first-order chi connectivity index (χ1) is 13.7. The van der Waals surface area contributed by atoms with Gasteiger partial charge in [0.25, 0.3) is 0 Å². The molecule has 0 bridgehead atoms. The second-order valence-corrected chi connectivity index (χ2v) is 7.99. The van der Waals surface area contributed by atoms with Crippen LogP contribution in [-0.2, 0) is 6.42 Å². The zero-order valence-corrected chi connectivity index (χ0v) is 17.0. The lowest BCUT2D eigenvalue weighted by atomic mass is 9.92. The van der Waals surface area contributed by atoms with E-state index in [9.17, 15) is 8.78 Å². The molecule has 0 aromatic heterocycles. The molecule has 1 saturated heterocycles. The molecule has 1 aliphatic carbocycles. The number of benzene rings is 1. The number of guanidine groups is 1. The molecular weight excluding hydrogens is 358 g/mol. The van der Waals surface area contributed by atoms with Gasteiger partial charge in [0.15, 0.2) is 5.96 Å². The second-order valence-electron chi connectivity index (χ2n) is 7.99. The van der Waals surface area contributed by atoms with Crippen LogP contribution in [0.1, 0.15) is 57.4 Å². The minimum Gasteiger partial charge on any atom is -0.357 e. The van der Waals surface area contributed by atoms with Gasteiger partial charge in [0.05, 0.1) is 0 Å². The molecule has 1 saturated carbocycles. The standard InChI is InChI=1S/C22H34F2N4/c1-2-25-22(26-13-10-17-16-18(23)8-9-21(17)24)27-19-11-14-28(15-12-19)20-6-4-3-5-7-20/h8-9,16,19-20H,2-7,10-15H2,1H3,(H2,25,26,27). The van der Waals surface area contributed by atoms with Crippen LogP contribution in [0.25, 0.3) is 0 Å². The zero-order chi connectivity index (χ0) is 19.8. The van der Waals surface area contributed by atoms with Gasteiger partial charge in [-0.15, -0.1) is 0 Å². The Morgan fingerprint density at radius 2 is 1.86 bits per heavy atom. The molecule has 28 heavy (non-hydrogen) atoms. The molecule has 1 aromatic rings. The predicted octanol–water partition coefficient (Wildman–Crippen LogP) is 3.86. The molecule has 0 amide bonds. The summed E-state index contributed by atoms with van der Waals surface area (Å²) in [6, 6.07) is 4.79. The van der Waals surface area contributed by atoms with Crippen LogP contribution in [0.3, 0.4) is 0 Å². The fourth-order valence-electron chi connectivity index (χ4n) is 4.39. The van der Waals surface area contributed by atoms with Crippen molar-refractivity contribution in [1.82, 2.24) is 15.5 Å². The smallest absolute Gasteiger partial charge is 0.191 e. The van der Waals surface area contributed by atoms with Crippen molar-refractivity contribution in [3.05, 3.63) is 35.4 Å². The van der Waals surface area contributed by atoms with Crippen LogP contribution in [0.15, 0.2) is 23.2 Å². The first kappa shape index (κ1) is 21.0. The van der Waals surface area contributed by atoms with E-state index in [0.29, 0.717) is 24.6 Å². The van der Waals surface area contributed by atoms with Gasteiger partial charge in [0.1, 0.15) is 11.6 Å². The maximum Gasteiger partial charge on any atom is 0.191 e. The van der Waals surface area contributed by atoms with Crippen molar-refractivity contribution in [2.24, 2.45) is 4.99 Å². The maximum atomic E-state index is 13.8. The van der Waals surface area contributed by atoms with E-state index in [0.717, 1.165) is 50.5 Å². The average Bonchev–Trinajstić information content (AvgIpc) is 2.72. The lowest BCUT2D eigenvalue weighted by molar-refractivity contribution is 0.119. The van der Waals surface area contributed by atoms with Crippen LogP contribution in [0.5, 0.6) is 0 Å². The molecule has 1 aliphatic heterocycles. The molecule has 0 radical (unpaired) electrons. The minimum atomic E-state index is -0.407. The summed E-state index contributed by atoms with van der Waals surface area (Å²) >= 11 is 0. The molecule has 0 atom stereocenters. The molecular formula is C22H34F2N4. The number of rotatable bonds is 6. The summed E-state index contributed by atoms with van der Waals surface area (Å²) < 4.78 is 27.1. The second kappa shape index (κ2) is 10.7. The molecule has 6 heteroatoms. The van der Waals surface area contributed by atoms with Gasteiger partial charge >= 0.3 is 0 Å². The molecule has 2 aliphatic rings. The fraction of sp³-hybridized carbons (Fsp3) is 0.682. The Morgan fingerprint density at radius 3 is 2.57 bits per heavy atom. The topological polar surface area (TPSA) is 39.7 Å². The number of halogens is 2. The van der Waals surface area contributed by atoms with Crippen LogP contribution in [0.4, 0.5) is 8.78 Å². The molecule has 156 valence electrons. The highest BCUT2D eigenvalue weighted by molar-refractivity contribution is 5.80.